The molecular weight excluding hydrogens is 405 g/mol. The first-order valence-electron chi connectivity index (χ1n) is 5.87. The molecule has 2 aromatic rings. The molecule has 2 aromatic carbocycles. The van der Waals surface area contributed by atoms with E-state index in [2.05, 4.69) is 27.9 Å². The van der Waals surface area contributed by atoms with E-state index in [9.17, 15) is 25.0 Å². The second-order valence-electron chi connectivity index (χ2n) is 4.22. The fourth-order valence-corrected chi connectivity index (χ4v) is 2.25. The van der Waals surface area contributed by atoms with Crippen LogP contribution in [0, 0.1) is 23.8 Å². The van der Waals surface area contributed by atoms with Crippen LogP contribution in [0.15, 0.2) is 42.5 Å². The van der Waals surface area contributed by atoms with Crippen molar-refractivity contribution in [1.82, 2.24) is 0 Å². The number of nitro groups is 2. The Balaban J connectivity index is 2.36. The standard InChI is InChI=1S/C13H8IN3O5/c14-9-2-1-3-10(6-9)15-13(18)8-4-11(16(19)20)7-12(5-8)17(21)22/h1-7H,(H,15,18). The van der Waals surface area contributed by atoms with Crippen LogP contribution >= 0.6 is 22.6 Å². The molecule has 0 heterocycles. The summed E-state index contributed by atoms with van der Waals surface area (Å²) in [4.78, 5) is 32.2. The summed E-state index contributed by atoms with van der Waals surface area (Å²) >= 11 is 2.06. The van der Waals surface area contributed by atoms with Gasteiger partial charge in [0.15, 0.2) is 0 Å². The van der Waals surface area contributed by atoms with Gasteiger partial charge in [-0.15, -0.1) is 0 Å². The zero-order valence-electron chi connectivity index (χ0n) is 10.9. The Morgan fingerprint density at radius 2 is 1.59 bits per heavy atom. The maximum atomic E-state index is 12.1. The number of hydrogen-bond acceptors (Lipinski definition) is 5. The van der Waals surface area contributed by atoms with Gasteiger partial charge in [0.05, 0.1) is 21.5 Å². The van der Waals surface area contributed by atoms with Crippen molar-refractivity contribution in [2.45, 2.75) is 0 Å². The molecule has 2 rings (SSSR count). The van der Waals surface area contributed by atoms with Crippen molar-refractivity contribution >= 4 is 45.6 Å². The number of carbonyl (C=O) groups is 1. The highest BCUT2D eigenvalue weighted by atomic mass is 127. The Kier molecular flexibility index (Phi) is 4.65. The SMILES string of the molecule is O=C(Nc1cccc(I)c1)c1cc([N+](=O)[O-])cc([N+](=O)[O-])c1. The molecule has 0 unspecified atom stereocenters. The van der Waals surface area contributed by atoms with Crippen LogP contribution in [0.1, 0.15) is 10.4 Å². The summed E-state index contributed by atoms with van der Waals surface area (Å²) in [6.07, 6.45) is 0. The summed E-state index contributed by atoms with van der Waals surface area (Å²) in [6, 6.07) is 9.70. The maximum absolute atomic E-state index is 12.1. The van der Waals surface area contributed by atoms with Crippen LogP contribution in [0.25, 0.3) is 0 Å². The first kappa shape index (κ1) is 15.8. The highest BCUT2D eigenvalue weighted by molar-refractivity contribution is 14.1. The van der Waals surface area contributed by atoms with E-state index in [1.54, 1.807) is 18.2 Å². The fraction of sp³-hybridized carbons (Fsp3) is 0. The zero-order valence-corrected chi connectivity index (χ0v) is 13.0. The monoisotopic (exact) mass is 413 g/mol. The quantitative estimate of drug-likeness (QED) is 0.469. The van der Waals surface area contributed by atoms with E-state index in [0.29, 0.717) is 5.69 Å². The lowest BCUT2D eigenvalue weighted by atomic mass is 10.1. The van der Waals surface area contributed by atoms with Gasteiger partial charge in [0.2, 0.25) is 0 Å². The molecular formula is C13H8IN3O5. The van der Waals surface area contributed by atoms with E-state index in [4.69, 9.17) is 0 Å². The van der Waals surface area contributed by atoms with Gasteiger partial charge in [-0.05, 0) is 40.8 Å². The highest BCUT2D eigenvalue weighted by Gasteiger charge is 2.19. The van der Waals surface area contributed by atoms with Gasteiger partial charge in [0.25, 0.3) is 17.3 Å². The number of nitrogens with one attached hydrogen (secondary N) is 1. The van der Waals surface area contributed by atoms with Crippen molar-refractivity contribution in [3.63, 3.8) is 0 Å². The third kappa shape index (κ3) is 3.75. The predicted octanol–water partition coefficient (Wildman–Crippen LogP) is 3.36. The molecule has 1 amide bonds. The fourth-order valence-electron chi connectivity index (χ4n) is 1.71. The molecule has 0 aliphatic rings. The predicted molar refractivity (Wildman–Crippen MR) is 86.9 cm³/mol. The maximum Gasteiger partial charge on any atom is 0.277 e. The average Bonchev–Trinajstić information content (AvgIpc) is 2.46. The van der Waals surface area contributed by atoms with Crippen molar-refractivity contribution in [1.29, 1.82) is 0 Å². The molecule has 1 N–H and O–H groups in total. The van der Waals surface area contributed by atoms with Gasteiger partial charge in [0.1, 0.15) is 0 Å². The molecule has 0 saturated heterocycles. The highest BCUT2D eigenvalue weighted by Crippen LogP contribution is 2.23. The number of rotatable bonds is 4. The van der Waals surface area contributed by atoms with Crippen LogP contribution < -0.4 is 5.32 Å². The van der Waals surface area contributed by atoms with Crippen LogP contribution in [0.2, 0.25) is 0 Å². The Morgan fingerprint density at radius 1 is 1.00 bits per heavy atom. The van der Waals surface area contributed by atoms with Gasteiger partial charge in [-0.3, -0.25) is 25.0 Å². The van der Waals surface area contributed by atoms with Crippen LogP contribution in [0.4, 0.5) is 17.1 Å². The summed E-state index contributed by atoms with van der Waals surface area (Å²) in [5.41, 5.74) is -0.685. The van der Waals surface area contributed by atoms with E-state index in [0.717, 1.165) is 21.8 Å². The normalized spacial score (nSPS) is 10.0. The lowest BCUT2D eigenvalue weighted by Gasteiger charge is -2.05. The van der Waals surface area contributed by atoms with E-state index >= 15 is 0 Å². The molecule has 0 spiro atoms. The number of nitrogens with zero attached hydrogens (tertiary/aromatic N) is 2. The number of hydrogen-bond donors (Lipinski definition) is 1. The molecule has 0 radical (unpaired) electrons. The number of anilines is 1. The first-order valence-corrected chi connectivity index (χ1v) is 6.95. The van der Waals surface area contributed by atoms with Crippen molar-refractivity contribution < 1.29 is 14.6 Å². The van der Waals surface area contributed by atoms with Crippen LogP contribution in [0.5, 0.6) is 0 Å². The Morgan fingerprint density at radius 3 is 2.09 bits per heavy atom. The topological polar surface area (TPSA) is 115 Å². The summed E-state index contributed by atoms with van der Waals surface area (Å²) in [5.74, 6) is -0.659. The first-order chi connectivity index (χ1) is 10.4. The molecule has 0 atom stereocenters. The van der Waals surface area contributed by atoms with Crippen molar-refractivity contribution in [2.24, 2.45) is 0 Å². The summed E-state index contributed by atoms with van der Waals surface area (Å²) in [6.45, 7) is 0. The molecule has 0 bridgehead atoms. The Bertz CT molecular complexity index is 746. The molecule has 0 saturated carbocycles. The minimum atomic E-state index is -0.783. The van der Waals surface area contributed by atoms with Gasteiger partial charge in [-0.1, -0.05) is 6.07 Å². The summed E-state index contributed by atoms with van der Waals surface area (Å²) in [7, 11) is 0. The Labute approximate surface area is 137 Å². The Hall–Kier alpha value is -2.56. The van der Waals surface area contributed by atoms with Crippen LogP contribution in [-0.2, 0) is 0 Å². The molecule has 0 aliphatic heterocycles. The van der Waals surface area contributed by atoms with E-state index < -0.39 is 27.1 Å². The van der Waals surface area contributed by atoms with Gasteiger partial charge >= 0.3 is 0 Å². The number of nitro benzene ring substituents is 2. The van der Waals surface area contributed by atoms with Crippen LogP contribution in [-0.4, -0.2) is 15.8 Å². The third-order valence-corrected chi connectivity index (χ3v) is 3.34. The van der Waals surface area contributed by atoms with E-state index in [1.807, 2.05) is 6.07 Å². The van der Waals surface area contributed by atoms with E-state index in [-0.39, 0.29) is 5.56 Å². The lowest BCUT2D eigenvalue weighted by Crippen LogP contribution is -2.12. The number of non-ortho nitro benzene ring substituents is 2. The molecule has 22 heavy (non-hydrogen) atoms. The number of halogens is 1. The van der Waals surface area contributed by atoms with Crippen LogP contribution in [0.3, 0.4) is 0 Å². The van der Waals surface area contributed by atoms with Gasteiger partial charge in [0, 0.05) is 21.4 Å². The zero-order chi connectivity index (χ0) is 16.3. The molecule has 0 fully saturated rings. The van der Waals surface area contributed by atoms with Crippen molar-refractivity contribution in [3.05, 3.63) is 71.8 Å². The number of amides is 1. The van der Waals surface area contributed by atoms with Gasteiger partial charge < -0.3 is 5.32 Å². The lowest BCUT2D eigenvalue weighted by molar-refractivity contribution is -0.394. The number of benzene rings is 2. The summed E-state index contributed by atoms with van der Waals surface area (Å²) in [5, 5.41) is 24.1. The average molecular weight is 413 g/mol. The third-order valence-electron chi connectivity index (χ3n) is 2.67. The van der Waals surface area contributed by atoms with E-state index in [1.165, 1.54) is 0 Å². The molecule has 9 heteroatoms. The second kappa shape index (κ2) is 6.47. The minimum Gasteiger partial charge on any atom is -0.322 e. The minimum absolute atomic E-state index is 0.153. The smallest absolute Gasteiger partial charge is 0.277 e. The molecule has 0 aromatic heterocycles. The number of carbonyl (C=O) groups excluding carboxylic acids is 1. The molecule has 8 nitrogen and oxygen atoms in total. The second-order valence-corrected chi connectivity index (χ2v) is 5.46. The molecule has 112 valence electrons. The molecule has 0 aliphatic carbocycles. The van der Waals surface area contributed by atoms with Crippen molar-refractivity contribution in [2.75, 3.05) is 5.32 Å². The summed E-state index contributed by atoms with van der Waals surface area (Å²) < 4.78 is 0.889. The largest absolute Gasteiger partial charge is 0.322 e. The van der Waals surface area contributed by atoms with Crippen molar-refractivity contribution in [3.8, 4) is 0 Å². The van der Waals surface area contributed by atoms with Gasteiger partial charge in [-0.2, -0.15) is 0 Å². The van der Waals surface area contributed by atoms with Gasteiger partial charge in [-0.25, -0.2) is 0 Å².